The SMILES string of the molecule is CC(C)CNC(=O)c1cnn(-c2ccc(F)cc2)c1-c1ccccc1. The predicted octanol–water partition coefficient (Wildman–Crippen LogP) is 4.06. The smallest absolute Gasteiger partial charge is 0.255 e. The van der Waals surface area contributed by atoms with E-state index in [0.29, 0.717) is 29.4 Å². The number of benzene rings is 2. The monoisotopic (exact) mass is 337 g/mol. The summed E-state index contributed by atoms with van der Waals surface area (Å²) in [6.07, 6.45) is 1.56. The zero-order valence-corrected chi connectivity index (χ0v) is 14.2. The number of hydrogen-bond acceptors (Lipinski definition) is 2. The van der Waals surface area contributed by atoms with E-state index in [-0.39, 0.29) is 11.7 Å². The first-order valence-corrected chi connectivity index (χ1v) is 8.24. The number of carbonyl (C=O) groups is 1. The first-order chi connectivity index (χ1) is 12.1. The lowest BCUT2D eigenvalue weighted by atomic mass is 10.1. The molecule has 128 valence electrons. The highest BCUT2D eigenvalue weighted by Crippen LogP contribution is 2.26. The van der Waals surface area contributed by atoms with Gasteiger partial charge in [0.2, 0.25) is 0 Å². The van der Waals surface area contributed by atoms with Crippen molar-refractivity contribution in [2.75, 3.05) is 6.54 Å². The van der Waals surface area contributed by atoms with E-state index in [4.69, 9.17) is 0 Å². The molecule has 0 aliphatic carbocycles. The molecular formula is C20H20FN3O. The van der Waals surface area contributed by atoms with Crippen LogP contribution in [0.3, 0.4) is 0 Å². The van der Waals surface area contributed by atoms with E-state index < -0.39 is 0 Å². The standard InChI is InChI=1S/C20H20FN3O/c1-14(2)12-22-20(25)18-13-23-24(17-10-8-16(21)9-11-17)19(18)15-6-4-3-5-7-15/h3-11,13-14H,12H2,1-2H3,(H,22,25). The van der Waals surface area contributed by atoms with Gasteiger partial charge >= 0.3 is 0 Å². The highest BCUT2D eigenvalue weighted by Gasteiger charge is 2.20. The number of nitrogens with one attached hydrogen (secondary N) is 1. The van der Waals surface area contributed by atoms with Gasteiger partial charge in [0.15, 0.2) is 0 Å². The van der Waals surface area contributed by atoms with Crippen LogP contribution in [0.5, 0.6) is 0 Å². The van der Waals surface area contributed by atoms with Crippen LogP contribution in [0.25, 0.3) is 16.9 Å². The Labute approximate surface area is 146 Å². The van der Waals surface area contributed by atoms with Crippen LogP contribution in [-0.2, 0) is 0 Å². The molecule has 4 nitrogen and oxygen atoms in total. The highest BCUT2D eigenvalue weighted by atomic mass is 19.1. The summed E-state index contributed by atoms with van der Waals surface area (Å²) in [4.78, 5) is 12.6. The molecule has 25 heavy (non-hydrogen) atoms. The molecule has 0 fully saturated rings. The highest BCUT2D eigenvalue weighted by molar-refractivity contribution is 6.00. The molecule has 1 N–H and O–H groups in total. The van der Waals surface area contributed by atoms with E-state index in [1.165, 1.54) is 12.1 Å². The number of aromatic nitrogens is 2. The fourth-order valence-electron chi connectivity index (χ4n) is 2.56. The topological polar surface area (TPSA) is 46.9 Å². The Morgan fingerprint density at radius 1 is 1.12 bits per heavy atom. The fraction of sp³-hybridized carbons (Fsp3) is 0.200. The Kier molecular flexibility index (Phi) is 4.93. The molecule has 2 aromatic carbocycles. The van der Waals surface area contributed by atoms with Crippen molar-refractivity contribution in [3.8, 4) is 16.9 Å². The third-order valence-corrected chi connectivity index (χ3v) is 3.80. The number of rotatable bonds is 5. The number of hydrogen-bond donors (Lipinski definition) is 1. The minimum atomic E-state index is -0.313. The number of nitrogens with zero attached hydrogens (tertiary/aromatic N) is 2. The second-order valence-corrected chi connectivity index (χ2v) is 6.26. The van der Waals surface area contributed by atoms with Gasteiger partial charge in [-0.3, -0.25) is 4.79 Å². The van der Waals surface area contributed by atoms with E-state index in [1.807, 2.05) is 44.2 Å². The first-order valence-electron chi connectivity index (χ1n) is 8.24. The Bertz CT molecular complexity index is 854. The van der Waals surface area contributed by atoms with Gasteiger partial charge in [-0.15, -0.1) is 0 Å². The Morgan fingerprint density at radius 2 is 1.80 bits per heavy atom. The lowest BCUT2D eigenvalue weighted by Gasteiger charge is -2.11. The van der Waals surface area contributed by atoms with Gasteiger partial charge in [-0.25, -0.2) is 9.07 Å². The lowest BCUT2D eigenvalue weighted by Crippen LogP contribution is -2.27. The average molecular weight is 337 g/mol. The van der Waals surface area contributed by atoms with Crippen molar-refractivity contribution < 1.29 is 9.18 Å². The van der Waals surface area contributed by atoms with Crippen molar-refractivity contribution in [3.63, 3.8) is 0 Å². The summed E-state index contributed by atoms with van der Waals surface area (Å²) in [6, 6.07) is 15.6. The zero-order chi connectivity index (χ0) is 17.8. The largest absolute Gasteiger partial charge is 0.352 e. The van der Waals surface area contributed by atoms with Gasteiger partial charge < -0.3 is 5.32 Å². The molecule has 0 aliphatic heterocycles. The molecule has 0 bridgehead atoms. The summed E-state index contributed by atoms with van der Waals surface area (Å²) in [6.45, 7) is 4.68. The normalized spacial score (nSPS) is 10.9. The molecule has 0 saturated carbocycles. The van der Waals surface area contributed by atoms with E-state index in [0.717, 1.165) is 5.56 Å². The number of amides is 1. The average Bonchev–Trinajstić information content (AvgIpc) is 3.06. The van der Waals surface area contributed by atoms with Crippen LogP contribution in [-0.4, -0.2) is 22.2 Å². The molecule has 0 aliphatic rings. The third kappa shape index (κ3) is 3.76. The van der Waals surface area contributed by atoms with Gasteiger partial charge in [0.1, 0.15) is 5.82 Å². The third-order valence-electron chi connectivity index (χ3n) is 3.80. The van der Waals surface area contributed by atoms with Crippen LogP contribution in [0.2, 0.25) is 0 Å². The maximum Gasteiger partial charge on any atom is 0.255 e. The van der Waals surface area contributed by atoms with Crippen LogP contribution in [0.1, 0.15) is 24.2 Å². The van der Waals surface area contributed by atoms with E-state index in [2.05, 4.69) is 10.4 Å². The Morgan fingerprint density at radius 3 is 2.44 bits per heavy atom. The van der Waals surface area contributed by atoms with Gasteiger partial charge in [0, 0.05) is 12.1 Å². The molecule has 1 amide bonds. The van der Waals surface area contributed by atoms with E-state index in [1.54, 1.807) is 23.0 Å². The second kappa shape index (κ2) is 7.30. The molecule has 1 heterocycles. The quantitative estimate of drug-likeness (QED) is 0.763. The van der Waals surface area contributed by atoms with Crippen molar-refractivity contribution in [2.45, 2.75) is 13.8 Å². The van der Waals surface area contributed by atoms with Gasteiger partial charge in [0.05, 0.1) is 23.1 Å². The number of halogens is 1. The molecule has 0 unspecified atom stereocenters. The van der Waals surface area contributed by atoms with Gasteiger partial charge in [-0.1, -0.05) is 44.2 Å². The Balaban J connectivity index is 2.07. The van der Waals surface area contributed by atoms with Crippen LogP contribution >= 0.6 is 0 Å². The van der Waals surface area contributed by atoms with Crippen LogP contribution in [0.15, 0.2) is 60.8 Å². The van der Waals surface area contributed by atoms with E-state index >= 15 is 0 Å². The first kappa shape index (κ1) is 16.9. The van der Waals surface area contributed by atoms with Crippen LogP contribution < -0.4 is 5.32 Å². The lowest BCUT2D eigenvalue weighted by molar-refractivity contribution is 0.0949. The maximum atomic E-state index is 13.2. The van der Waals surface area contributed by atoms with Crippen molar-refractivity contribution in [1.29, 1.82) is 0 Å². The molecule has 5 heteroatoms. The van der Waals surface area contributed by atoms with Gasteiger partial charge in [-0.05, 0) is 30.2 Å². The minimum absolute atomic E-state index is 0.166. The molecule has 0 radical (unpaired) electrons. The Hall–Kier alpha value is -2.95. The molecule has 1 aromatic heterocycles. The maximum absolute atomic E-state index is 13.2. The van der Waals surface area contributed by atoms with Crippen LogP contribution in [0, 0.1) is 11.7 Å². The molecule has 0 atom stereocenters. The summed E-state index contributed by atoms with van der Waals surface area (Å²) in [7, 11) is 0. The molecular weight excluding hydrogens is 317 g/mol. The van der Waals surface area contributed by atoms with Gasteiger partial charge in [0.25, 0.3) is 5.91 Å². The van der Waals surface area contributed by atoms with Crippen molar-refractivity contribution in [2.24, 2.45) is 5.92 Å². The summed E-state index contributed by atoms with van der Waals surface area (Å²) < 4.78 is 14.9. The zero-order valence-electron chi connectivity index (χ0n) is 14.2. The van der Waals surface area contributed by atoms with E-state index in [9.17, 15) is 9.18 Å². The van der Waals surface area contributed by atoms with Crippen molar-refractivity contribution in [3.05, 3.63) is 72.2 Å². The summed E-state index contributed by atoms with van der Waals surface area (Å²) in [5.74, 6) is -0.121. The van der Waals surface area contributed by atoms with Crippen molar-refractivity contribution in [1.82, 2.24) is 15.1 Å². The molecule has 0 saturated heterocycles. The minimum Gasteiger partial charge on any atom is -0.352 e. The van der Waals surface area contributed by atoms with Crippen LogP contribution in [0.4, 0.5) is 4.39 Å². The fourth-order valence-corrected chi connectivity index (χ4v) is 2.56. The summed E-state index contributed by atoms with van der Waals surface area (Å²) in [5, 5.41) is 7.30. The molecule has 3 rings (SSSR count). The second-order valence-electron chi connectivity index (χ2n) is 6.26. The summed E-state index contributed by atoms with van der Waals surface area (Å²) >= 11 is 0. The predicted molar refractivity (Wildman–Crippen MR) is 96.1 cm³/mol. The summed E-state index contributed by atoms with van der Waals surface area (Å²) in [5.41, 5.74) is 2.76. The molecule has 3 aromatic rings. The van der Waals surface area contributed by atoms with Gasteiger partial charge in [-0.2, -0.15) is 5.10 Å². The van der Waals surface area contributed by atoms with Crippen molar-refractivity contribution >= 4 is 5.91 Å². The molecule has 0 spiro atoms. The number of carbonyl (C=O) groups excluding carboxylic acids is 1.